The van der Waals surface area contributed by atoms with Gasteiger partial charge in [-0.05, 0) is 74.1 Å². The maximum Gasteiger partial charge on any atom is 0.251 e. The van der Waals surface area contributed by atoms with Crippen LogP contribution in [-0.4, -0.2) is 100 Å². The predicted octanol–water partition coefficient (Wildman–Crippen LogP) is 1.73. The zero-order valence-corrected chi connectivity index (χ0v) is 26.1. The van der Waals surface area contributed by atoms with Gasteiger partial charge < -0.3 is 40.7 Å². The first kappa shape index (κ1) is 33.3. The van der Waals surface area contributed by atoms with Crippen molar-refractivity contribution in [1.29, 1.82) is 0 Å². The first-order chi connectivity index (χ1) is 21.1. The van der Waals surface area contributed by atoms with E-state index in [4.69, 9.17) is 9.47 Å². The summed E-state index contributed by atoms with van der Waals surface area (Å²) in [5.74, 6) is 0.403. The molecule has 244 valence electrons. The van der Waals surface area contributed by atoms with E-state index in [2.05, 4.69) is 29.8 Å². The Morgan fingerprint density at radius 2 is 1.82 bits per heavy atom. The largest absolute Gasteiger partial charge is 0.388 e. The predicted molar refractivity (Wildman–Crippen MR) is 164 cm³/mol. The second-order valence-corrected chi connectivity index (χ2v) is 14.4. The number of hydrogen-bond acceptors (Lipinski definition) is 9. The Balaban J connectivity index is 1.24. The van der Waals surface area contributed by atoms with Crippen LogP contribution in [0, 0.1) is 23.6 Å². The molecule has 44 heavy (non-hydrogen) atoms. The number of aliphatic hydroxyl groups excluding tert-OH is 3. The zero-order valence-electron chi connectivity index (χ0n) is 25.3. The molecule has 5 rings (SSSR count). The molecular weight excluding hydrogens is 589 g/mol. The summed E-state index contributed by atoms with van der Waals surface area (Å²) in [4.78, 5) is 26.2. The van der Waals surface area contributed by atoms with Gasteiger partial charge in [-0.3, -0.25) is 9.59 Å². The van der Waals surface area contributed by atoms with Crippen LogP contribution < -0.4 is 16.0 Å². The van der Waals surface area contributed by atoms with Gasteiger partial charge in [0.25, 0.3) is 5.91 Å². The minimum Gasteiger partial charge on any atom is -0.388 e. The molecule has 4 heterocycles. The molecule has 4 aliphatic rings. The Morgan fingerprint density at radius 3 is 2.57 bits per heavy atom. The molecule has 11 atom stereocenters. The molecule has 6 N–H and O–H groups in total. The van der Waals surface area contributed by atoms with Crippen molar-refractivity contribution in [3.8, 4) is 0 Å². The lowest BCUT2D eigenvalue weighted by molar-refractivity contribution is -0.205. The number of rotatable bonds is 7. The zero-order chi connectivity index (χ0) is 31.4. The minimum atomic E-state index is -1.49. The average Bonchev–Trinajstić information content (AvgIpc) is 3.28. The van der Waals surface area contributed by atoms with Crippen LogP contribution in [0.3, 0.4) is 0 Å². The normalized spacial score (nSPS) is 37.6. The number of carbonyl (C=O) groups excluding carboxylic acids is 2. The summed E-state index contributed by atoms with van der Waals surface area (Å²) in [6.45, 7) is 6.02. The van der Waals surface area contributed by atoms with Crippen molar-refractivity contribution in [1.82, 2.24) is 16.0 Å². The number of hydrogen-bond donors (Lipinski definition) is 6. The standard InChI is InChI=1S/C32H46FN3O7S/c1-17(2)13-18-11-12-42-28-20(14-18)15-34-24(28)31(41)36-23-6-4-3-5-22(16-35-30(40)19-7-9-21(33)10-8-19)44-32-27(39)25(37)26(38)29(23)43-32/h3-4,7-10,17-18,20,22-29,32,34,37-39H,5-6,11-16H2,1-2H3,(H,35,40)(H,36,41)/t18-,20-,22+,23+,24-,25-,26+,27+,28+,29+,32+/m0/s1. The van der Waals surface area contributed by atoms with Crippen molar-refractivity contribution in [2.45, 2.75) is 99.2 Å². The molecule has 3 fully saturated rings. The highest BCUT2D eigenvalue weighted by molar-refractivity contribution is 8.00. The van der Waals surface area contributed by atoms with Gasteiger partial charge in [-0.25, -0.2) is 4.39 Å². The number of aliphatic hydroxyl groups is 3. The molecule has 12 heteroatoms. The summed E-state index contributed by atoms with van der Waals surface area (Å²) in [7, 11) is 0. The maximum atomic E-state index is 13.6. The van der Waals surface area contributed by atoms with E-state index in [1.165, 1.54) is 36.0 Å². The molecule has 4 aliphatic heterocycles. The van der Waals surface area contributed by atoms with Crippen LogP contribution in [0.15, 0.2) is 36.4 Å². The van der Waals surface area contributed by atoms with E-state index in [1.54, 1.807) is 0 Å². The van der Waals surface area contributed by atoms with Gasteiger partial charge in [-0.15, -0.1) is 11.8 Å². The van der Waals surface area contributed by atoms with Crippen molar-refractivity contribution in [2.75, 3.05) is 19.7 Å². The van der Waals surface area contributed by atoms with Gasteiger partial charge in [0.1, 0.15) is 41.7 Å². The number of halogens is 1. The van der Waals surface area contributed by atoms with Crippen LogP contribution in [0.4, 0.5) is 4.39 Å². The molecule has 0 aromatic heterocycles. The fourth-order valence-corrected chi connectivity index (χ4v) is 8.21. The number of nitrogens with one attached hydrogen (secondary N) is 3. The molecule has 0 radical (unpaired) electrons. The molecule has 2 bridgehead atoms. The number of fused-ring (bicyclic) bond motifs is 3. The van der Waals surface area contributed by atoms with Gasteiger partial charge >= 0.3 is 0 Å². The second-order valence-electron chi connectivity index (χ2n) is 13.0. The number of carbonyl (C=O) groups is 2. The highest BCUT2D eigenvalue weighted by Gasteiger charge is 2.49. The Morgan fingerprint density at radius 1 is 1.07 bits per heavy atom. The molecule has 0 aliphatic carbocycles. The van der Waals surface area contributed by atoms with Crippen LogP contribution >= 0.6 is 11.8 Å². The fraction of sp³-hybridized carbons (Fsp3) is 0.688. The Hall–Kier alpha value is -2.06. The minimum absolute atomic E-state index is 0.226. The number of ether oxygens (including phenoxy) is 2. The van der Waals surface area contributed by atoms with Gasteiger partial charge in [-0.2, -0.15) is 0 Å². The SMILES string of the molecule is CC(C)C[C@@H]1CCO[C@@H]2[C@H](CN[C@@H]2C(=O)N[C@@H]2CC=CC[C@H](CNC(=O)c3ccc(F)cc3)S[C@H]3O[C@H]2[C@H](O)[C@H](O)[C@H]3O)C1. The number of benzene rings is 1. The first-order valence-corrected chi connectivity index (χ1v) is 16.7. The lowest BCUT2D eigenvalue weighted by atomic mass is 9.85. The van der Waals surface area contributed by atoms with E-state index in [1.807, 2.05) is 12.2 Å². The Bertz CT molecular complexity index is 1160. The van der Waals surface area contributed by atoms with Crippen LogP contribution in [-0.2, 0) is 14.3 Å². The summed E-state index contributed by atoms with van der Waals surface area (Å²) in [6, 6.07) is 4.06. The molecule has 2 amide bonds. The highest BCUT2D eigenvalue weighted by atomic mass is 32.2. The summed E-state index contributed by atoms with van der Waals surface area (Å²) < 4.78 is 25.7. The van der Waals surface area contributed by atoms with Crippen LogP contribution in [0.5, 0.6) is 0 Å². The topological polar surface area (TPSA) is 149 Å². The van der Waals surface area contributed by atoms with E-state index in [0.29, 0.717) is 43.4 Å². The molecule has 0 saturated carbocycles. The van der Waals surface area contributed by atoms with Gasteiger partial charge in [-0.1, -0.05) is 26.0 Å². The first-order valence-electron chi connectivity index (χ1n) is 15.8. The molecule has 1 aromatic carbocycles. The number of allylic oxidation sites excluding steroid dienone is 1. The Kier molecular flexibility index (Phi) is 11.4. The second kappa shape index (κ2) is 15.0. The summed E-state index contributed by atoms with van der Waals surface area (Å²) in [5.41, 5.74) is -0.584. The van der Waals surface area contributed by atoms with Gasteiger partial charge in [0, 0.05) is 30.5 Å². The van der Waals surface area contributed by atoms with E-state index >= 15 is 0 Å². The number of thioether (sulfide) groups is 1. The Labute approximate surface area is 262 Å². The molecule has 3 saturated heterocycles. The van der Waals surface area contributed by atoms with Crippen molar-refractivity contribution >= 4 is 23.6 Å². The van der Waals surface area contributed by atoms with Crippen LogP contribution in [0.25, 0.3) is 0 Å². The van der Waals surface area contributed by atoms with Gasteiger partial charge in [0.15, 0.2) is 0 Å². The fourth-order valence-electron chi connectivity index (χ4n) is 6.92. The summed E-state index contributed by atoms with van der Waals surface area (Å²) >= 11 is 1.25. The monoisotopic (exact) mass is 635 g/mol. The molecule has 1 aromatic rings. The van der Waals surface area contributed by atoms with E-state index in [-0.39, 0.29) is 35.6 Å². The van der Waals surface area contributed by atoms with Crippen molar-refractivity contribution in [3.05, 3.63) is 47.8 Å². The highest BCUT2D eigenvalue weighted by Crippen LogP contribution is 2.36. The molecular formula is C32H46FN3O7S. The quantitative estimate of drug-likeness (QED) is 0.247. The van der Waals surface area contributed by atoms with E-state index < -0.39 is 47.8 Å². The third-order valence-corrected chi connectivity index (χ3v) is 10.6. The maximum absolute atomic E-state index is 13.6. The van der Waals surface area contributed by atoms with Gasteiger partial charge in [0.2, 0.25) is 5.91 Å². The van der Waals surface area contributed by atoms with Crippen molar-refractivity contribution in [3.63, 3.8) is 0 Å². The van der Waals surface area contributed by atoms with E-state index in [0.717, 1.165) is 19.3 Å². The summed E-state index contributed by atoms with van der Waals surface area (Å²) in [5, 5.41) is 41.6. The smallest absolute Gasteiger partial charge is 0.251 e. The summed E-state index contributed by atoms with van der Waals surface area (Å²) in [6.07, 6.45) is 2.35. The van der Waals surface area contributed by atoms with Crippen LogP contribution in [0.2, 0.25) is 0 Å². The molecule has 0 spiro atoms. The molecule has 0 unspecified atom stereocenters. The average molecular weight is 636 g/mol. The lowest BCUT2D eigenvalue weighted by Crippen LogP contribution is -2.64. The van der Waals surface area contributed by atoms with E-state index in [9.17, 15) is 29.3 Å². The lowest BCUT2D eigenvalue weighted by Gasteiger charge is -2.44. The number of amides is 2. The van der Waals surface area contributed by atoms with Gasteiger partial charge in [0.05, 0.1) is 12.1 Å². The molecule has 10 nitrogen and oxygen atoms in total. The van der Waals surface area contributed by atoms with Crippen LogP contribution in [0.1, 0.15) is 56.3 Å². The third-order valence-electron chi connectivity index (χ3n) is 9.16. The van der Waals surface area contributed by atoms with Crippen molar-refractivity contribution in [2.24, 2.45) is 17.8 Å². The van der Waals surface area contributed by atoms with Crippen molar-refractivity contribution < 1.29 is 38.8 Å². The third kappa shape index (κ3) is 8.01.